The van der Waals surface area contributed by atoms with Gasteiger partial charge in [-0.05, 0) is 0 Å². The van der Waals surface area contributed by atoms with Gasteiger partial charge in [-0.1, -0.05) is 0 Å². The van der Waals surface area contributed by atoms with Gasteiger partial charge in [0, 0.05) is 0 Å². The number of rotatable bonds is 1. The molecule has 0 saturated carbocycles. The molecule has 3 atom stereocenters. The molecule has 1 aromatic heterocycles. The van der Waals surface area contributed by atoms with Gasteiger partial charge < -0.3 is 0 Å². The maximum absolute atomic E-state index is 15.8. The van der Waals surface area contributed by atoms with E-state index in [0.29, 0.717) is 49.0 Å². The standard InChI is InChI=1S/C15H23FIN2.K/c1-8(2)19-14(17)10(4)13-12(15(19,6)16)9(3)11(5)18(13)7;/h8,14H,1-7H3;. The van der Waals surface area contributed by atoms with Crippen LogP contribution >= 0.6 is 22.6 Å². The van der Waals surface area contributed by atoms with Gasteiger partial charge in [0.1, 0.15) is 0 Å². The Hall–Kier alpha value is 1.54. The average Bonchev–Trinajstić information content (AvgIpc) is 2.52. The number of alkyl halides is 2. The van der Waals surface area contributed by atoms with E-state index in [1.807, 2.05) is 0 Å². The molecule has 1 aliphatic rings. The minimum absolute atomic E-state index is 0.104. The first-order valence-electron chi connectivity index (χ1n) is 7.24. The Morgan fingerprint density at radius 2 is 1.80 bits per heavy atom. The van der Waals surface area contributed by atoms with E-state index in [1.54, 1.807) is 6.92 Å². The summed E-state index contributed by atoms with van der Waals surface area (Å²) < 4.78 is 18.3. The fourth-order valence-electron chi connectivity index (χ4n) is 3.81. The molecule has 2 heterocycles. The molecule has 0 aromatic carbocycles. The van der Waals surface area contributed by atoms with E-state index < -0.39 is 5.79 Å². The van der Waals surface area contributed by atoms with Crippen LogP contribution in [0.25, 0.3) is 0 Å². The molecule has 0 bridgehead atoms. The molecule has 0 radical (unpaired) electrons. The molecule has 1 aliphatic heterocycles. The van der Waals surface area contributed by atoms with Crippen molar-refractivity contribution in [3.8, 4) is 0 Å². The second-order valence-corrected chi connectivity index (χ2v) is 11.4. The molecule has 0 amide bonds. The van der Waals surface area contributed by atoms with E-state index in [-0.39, 0.29) is 9.60 Å². The number of aromatic nitrogens is 1. The summed E-state index contributed by atoms with van der Waals surface area (Å²) in [6.45, 7) is 12.4. The van der Waals surface area contributed by atoms with E-state index in [4.69, 9.17) is 0 Å². The third kappa shape index (κ3) is 2.34. The molecule has 5 heteroatoms. The van der Waals surface area contributed by atoms with E-state index in [0.717, 1.165) is 11.1 Å². The average molecular weight is 416 g/mol. The van der Waals surface area contributed by atoms with Gasteiger partial charge in [0.2, 0.25) is 0 Å². The Balaban J connectivity index is 2.85. The molecule has 20 heavy (non-hydrogen) atoms. The predicted octanol–water partition coefficient (Wildman–Crippen LogP) is 3.65. The number of nitrogens with zero attached hydrogens (tertiary/aromatic N) is 2. The molecule has 0 aliphatic carbocycles. The van der Waals surface area contributed by atoms with Crippen LogP contribution in [-0.2, 0) is 12.3 Å². The van der Waals surface area contributed by atoms with Crippen LogP contribution in [0.4, 0.5) is 4.39 Å². The molecule has 0 spiro atoms. The molecule has 1 aromatic rings. The second-order valence-electron chi connectivity index (χ2n) is 7.00. The van der Waals surface area contributed by atoms with Crippen molar-refractivity contribution < 1.29 is 4.39 Å². The molecular formula is C15H23FIKN2. The fraction of sp³-hybridized carbons (Fsp3) is 0.733. The van der Waals surface area contributed by atoms with Gasteiger partial charge in [0.15, 0.2) is 0 Å². The van der Waals surface area contributed by atoms with Crippen molar-refractivity contribution in [3.63, 3.8) is 0 Å². The first-order valence-corrected chi connectivity index (χ1v) is 10.0. The van der Waals surface area contributed by atoms with Gasteiger partial charge in [-0.15, -0.1) is 0 Å². The van der Waals surface area contributed by atoms with Crippen molar-refractivity contribution in [3.05, 3.63) is 22.5 Å². The van der Waals surface area contributed by atoms with E-state index in [2.05, 4.69) is 73.7 Å². The topological polar surface area (TPSA) is 8.17 Å². The minimum atomic E-state index is -1.39. The van der Waals surface area contributed by atoms with Crippen molar-refractivity contribution in [1.82, 2.24) is 9.47 Å². The number of fused-ring (bicyclic) bond motifs is 1. The van der Waals surface area contributed by atoms with E-state index in [1.165, 1.54) is 11.4 Å². The van der Waals surface area contributed by atoms with Crippen LogP contribution in [0.15, 0.2) is 0 Å². The number of hydrogen-bond donors (Lipinski definition) is 0. The SMILES string of the molecule is Cc1c2c(n(C)c1C)[C](C)([K])C(I)N(C(C)C)C2(C)F. The maximum atomic E-state index is 15.8. The molecule has 0 N–H and O–H groups in total. The van der Waals surface area contributed by atoms with Crippen molar-refractivity contribution in [2.75, 3.05) is 0 Å². The van der Waals surface area contributed by atoms with Crippen LogP contribution in [0.5, 0.6) is 0 Å². The molecular weight excluding hydrogens is 393 g/mol. The van der Waals surface area contributed by atoms with Crippen LogP contribution in [0.2, 0.25) is 0 Å². The Morgan fingerprint density at radius 1 is 1.30 bits per heavy atom. The van der Waals surface area contributed by atoms with E-state index >= 15 is 4.39 Å². The normalized spacial score (nSPS) is 34.7. The van der Waals surface area contributed by atoms with Crippen LogP contribution in [0.1, 0.15) is 50.2 Å². The quantitative estimate of drug-likeness (QED) is 0.294. The van der Waals surface area contributed by atoms with E-state index in [9.17, 15) is 0 Å². The van der Waals surface area contributed by atoms with Gasteiger partial charge in [-0.2, -0.15) is 0 Å². The Kier molecular flexibility index (Phi) is 4.97. The van der Waals surface area contributed by atoms with Crippen molar-refractivity contribution in [1.29, 1.82) is 0 Å². The summed E-state index contributed by atoms with van der Waals surface area (Å²) >= 11 is 3.03. The summed E-state index contributed by atoms with van der Waals surface area (Å²) in [4.78, 5) is 2.06. The third-order valence-electron chi connectivity index (χ3n) is 4.94. The van der Waals surface area contributed by atoms with Gasteiger partial charge in [-0.3, -0.25) is 0 Å². The zero-order chi connectivity index (χ0) is 15.6. The summed E-state index contributed by atoms with van der Waals surface area (Å²) in [7, 11) is 2.09. The van der Waals surface area contributed by atoms with Gasteiger partial charge >= 0.3 is 172 Å². The van der Waals surface area contributed by atoms with Crippen LogP contribution in [0, 0.1) is 13.8 Å². The van der Waals surface area contributed by atoms with Gasteiger partial charge in [0.25, 0.3) is 0 Å². The van der Waals surface area contributed by atoms with Crippen molar-refractivity contribution in [2.45, 2.75) is 56.9 Å². The summed E-state index contributed by atoms with van der Waals surface area (Å²) in [6, 6.07) is 0.196. The number of hydrogen-bond acceptors (Lipinski definition) is 1. The van der Waals surface area contributed by atoms with Crippen molar-refractivity contribution >= 4 is 71.5 Å². The Labute approximate surface area is 169 Å². The molecule has 3 unspecified atom stereocenters. The van der Waals surface area contributed by atoms with Crippen LogP contribution in [-0.4, -0.2) is 68.5 Å². The first-order chi connectivity index (χ1) is 8.95. The predicted molar refractivity (Wildman–Crippen MR) is 91.2 cm³/mol. The summed E-state index contributed by atoms with van der Waals surface area (Å²) in [6.07, 6.45) is 0. The zero-order valence-electron chi connectivity index (χ0n) is 13.8. The monoisotopic (exact) mass is 416 g/mol. The summed E-state index contributed by atoms with van der Waals surface area (Å²) in [5, 5.41) is 0. The molecule has 0 saturated heterocycles. The van der Waals surface area contributed by atoms with Crippen LogP contribution < -0.4 is 0 Å². The second kappa shape index (κ2) is 5.56. The Bertz CT molecular complexity index is 549. The van der Waals surface area contributed by atoms with Crippen molar-refractivity contribution in [2.24, 2.45) is 7.05 Å². The molecule has 0 fully saturated rings. The fourth-order valence-corrected chi connectivity index (χ4v) is 6.62. The number of halogens is 2. The Morgan fingerprint density at radius 3 is 2.25 bits per heavy atom. The van der Waals surface area contributed by atoms with Gasteiger partial charge in [0.05, 0.1) is 0 Å². The first kappa shape index (κ1) is 17.9. The summed E-state index contributed by atoms with van der Waals surface area (Å²) in [5.74, 6) is -1.39. The molecule has 108 valence electrons. The molecule has 2 nitrogen and oxygen atoms in total. The summed E-state index contributed by atoms with van der Waals surface area (Å²) in [5.41, 5.74) is 4.48. The zero-order valence-corrected chi connectivity index (χ0v) is 19.1. The third-order valence-corrected chi connectivity index (χ3v) is 10.5. The van der Waals surface area contributed by atoms with Gasteiger partial charge in [-0.25, -0.2) is 0 Å². The molecule has 2 rings (SSSR count). The van der Waals surface area contributed by atoms with Crippen LogP contribution in [0.3, 0.4) is 0 Å².